The van der Waals surface area contributed by atoms with Crippen molar-refractivity contribution in [1.29, 1.82) is 0 Å². The van der Waals surface area contributed by atoms with Crippen molar-refractivity contribution in [3.8, 4) is 11.5 Å². The first-order valence-electron chi connectivity index (χ1n) is 9.44. The van der Waals surface area contributed by atoms with Gasteiger partial charge >= 0.3 is 0 Å². The van der Waals surface area contributed by atoms with E-state index in [4.69, 9.17) is 4.98 Å². The molecule has 5 nitrogen and oxygen atoms in total. The molecule has 29 heavy (non-hydrogen) atoms. The molecule has 0 spiro atoms. The molecule has 0 saturated carbocycles. The molecule has 0 aliphatic rings. The van der Waals surface area contributed by atoms with Crippen LogP contribution in [0, 0.1) is 0 Å². The number of anilines is 3. The fraction of sp³-hybridized carbons (Fsp3) is 0. The lowest BCUT2D eigenvalue weighted by atomic mass is 10.2. The number of pyridine rings is 1. The highest BCUT2D eigenvalue weighted by atomic mass is 15.3. The van der Waals surface area contributed by atoms with E-state index in [-0.39, 0.29) is 0 Å². The zero-order chi connectivity index (χ0) is 19.5. The van der Waals surface area contributed by atoms with Crippen molar-refractivity contribution >= 4 is 17.2 Å². The van der Waals surface area contributed by atoms with Gasteiger partial charge in [0.25, 0.3) is 0 Å². The van der Waals surface area contributed by atoms with Crippen molar-refractivity contribution in [1.82, 2.24) is 19.3 Å². The standard InChI is InChI=1S/C24H19N5/c1-2-9-20(10-3-1)29(22-12-6-11-21(19-22)28-18-8-15-25-28)24-14-7-13-23(26-24)27-16-4-5-17-27/h1-19H. The number of nitrogens with zero attached hydrogens (tertiary/aromatic N) is 5. The number of para-hydroxylation sites is 1. The van der Waals surface area contributed by atoms with Crippen molar-refractivity contribution in [2.75, 3.05) is 4.90 Å². The first kappa shape index (κ1) is 17.0. The molecule has 0 N–H and O–H groups in total. The Bertz CT molecular complexity index is 1120. The van der Waals surface area contributed by atoms with Gasteiger partial charge in [-0.3, -0.25) is 4.90 Å². The highest BCUT2D eigenvalue weighted by Gasteiger charge is 2.15. The smallest absolute Gasteiger partial charge is 0.140 e. The molecule has 0 fully saturated rings. The second-order valence-electron chi connectivity index (χ2n) is 6.59. The molecule has 0 aliphatic heterocycles. The maximum absolute atomic E-state index is 4.93. The minimum absolute atomic E-state index is 0.847. The van der Waals surface area contributed by atoms with E-state index in [1.165, 1.54) is 0 Å². The molecule has 5 rings (SSSR count). The number of hydrogen-bond donors (Lipinski definition) is 0. The highest BCUT2D eigenvalue weighted by molar-refractivity contribution is 5.75. The fourth-order valence-electron chi connectivity index (χ4n) is 3.35. The minimum Gasteiger partial charge on any atom is -0.309 e. The van der Waals surface area contributed by atoms with E-state index in [0.29, 0.717) is 0 Å². The monoisotopic (exact) mass is 377 g/mol. The molecule has 0 atom stereocenters. The normalized spacial score (nSPS) is 10.8. The van der Waals surface area contributed by atoms with E-state index in [2.05, 4.69) is 34.3 Å². The molecular formula is C24H19N5. The number of hydrogen-bond acceptors (Lipinski definition) is 3. The van der Waals surface area contributed by atoms with Crippen molar-refractivity contribution in [3.63, 3.8) is 0 Å². The lowest BCUT2D eigenvalue weighted by Crippen LogP contribution is -2.13. The topological polar surface area (TPSA) is 38.9 Å². The molecule has 5 aromatic rings. The second kappa shape index (κ2) is 7.48. The van der Waals surface area contributed by atoms with Crippen LogP contribution in [0.2, 0.25) is 0 Å². The molecule has 0 amide bonds. The van der Waals surface area contributed by atoms with E-state index >= 15 is 0 Å². The van der Waals surface area contributed by atoms with Crippen molar-refractivity contribution in [3.05, 3.63) is 116 Å². The van der Waals surface area contributed by atoms with Gasteiger partial charge in [0.15, 0.2) is 0 Å². The first-order chi connectivity index (χ1) is 14.4. The van der Waals surface area contributed by atoms with Crippen LogP contribution in [-0.4, -0.2) is 19.3 Å². The van der Waals surface area contributed by atoms with Crippen molar-refractivity contribution in [2.24, 2.45) is 0 Å². The van der Waals surface area contributed by atoms with Gasteiger partial charge in [0, 0.05) is 36.2 Å². The summed E-state index contributed by atoms with van der Waals surface area (Å²) in [4.78, 5) is 7.08. The second-order valence-corrected chi connectivity index (χ2v) is 6.59. The van der Waals surface area contributed by atoms with Gasteiger partial charge in [0.2, 0.25) is 0 Å². The molecule has 0 bridgehead atoms. The summed E-state index contributed by atoms with van der Waals surface area (Å²) in [6.45, 7) is 0. The van der Waals surface area contributed by atoms with Crippen molar-refractivity contribution in [2.45, 2.75) is 0 Å². The maximum atomic E-state index is 4.93. The van der Waals surface area contributed by atoms with E-state index < -0.39 is 0 Å². The van der Waals surface area contributed by atoms with Crippen LogP contribution in [-0.2, 0) is 0 Å². The lowest BCUT2D eigenvalue weighted by Gasteiger charge is -2.25. The van der Waals surface area contributed by atoms with E-state index in [0.717, 1.165) is 28.7 Å². The summed E-state index contributed by atoms with van der Waals surface area (Å²) < 4.78 is 3.86. The first-order valence-corrected chi connectivity index (χ1v) is 9.44. The Labute approximate surface area is 169 Å². The predicted octanol–water partition coefficient (Wildman–Crippen LogP) is 5.53. The third kappa shape index (κ3) is 3.41. The van der Waals surface area contributed by atoms with E-state index in [1.54, 1.807) is 6.20 Å². The van der Waals surface area contributed by atoms with Gasteiger partial charge in [-0.1, -0.05) is 30.3 Å². The third-order valence-electron chi connectivity index (χ3n) is 4.69. The molecule has 0 saturated heterocycles. The number of aromatic nitrogens is 4. The van der Waals surface area contributed by atoms with Gasteiger partial charge < -0.3 is 4.57 Å². The molecule has 0 unspecified atom stereocenters. The molecule has 2 aromatic carbocycles. The number of rotatable bonds is 5. The summed E-state index contributed by atoms with van der Waals surface area (Å²) in [6.07, 6.45) is 7.72. The van der Waals surface area contributed by atoms with Crippen LogP contribution >= 0.6 is 0 Å². The molecule has 0 radical (unpaired) electrons. The zero-order valence-corrected chi connectivity index (χ0v) is 15.7. The fourth-order valence-corrected chi connectivity index (χ4v) is 3.35. The average Bonchev–Trinajstić information content (AvgIpc) is 3.50. The Morgan fingerprint density at radius 1 is 0.655 bits per heavy atom. The van der Waals surface area contributed by atoms with E-state index in [1.807, 2.05) is 94.6 Å². The van der Waals surface area contributed by atoms with Crippen LogP contribution < -0.4 is 4.90 Å². The third-order valence-corrected chi connectivity index (χ3v) is 4.69. The maximum Gasteiger partial charge on any atom is 0.140 e. The molecule has 5 heteroatoms. The summed E-state index contributed by atoms with van der Waals surface area (Å²) in [6, 6.07) is 30.5. The predicted molar refractivity (Wildman–Crippen MR) is 115 cm³/mol. The molecule has 0 aliphatic carbocycles. The minimum atomic E-state index is 0.847. The molecule has 3 heterocycles. The Morgan fingerprint density at radius 3 is 2.24 bits per heavy atom. The average molecular weight is 377 g/mol. The van der Waals surface area contributed by atoms with Crippen LogP contribution in [0.15, 0.2) is 116 Å². The van der Waals surface area contributed by atoms with Crippen LogP contribution in [0.1, 0.15) is 0 Å². The summed E-state index contributed by atoms with van der Waals surface area (Å²) in [5.41, 5.74) is 3.05. The lowest BCUT2D eigenvalue weighted by molar-refractivity contribution is 0.880. The number of benzene rings is 2. The quantitative estimate of drug-likeness (QED) is 0.404. The van der Waals surface area contributed by atoms with Crippen molar-refractivity contribution < 1.29 is 0 Å². The van der Waals surface area contributed by atoms with Crippen LogP contribution in [0.25, 0.3) is 11.5 Å². The summed E-state index contributed by atoms with van der Waals surface area (Å²) in [5.74, 6) is 1.72. The zero-order valence-electron chi connectivity index (χ0n) is 15.7. The Kier molecular flexibility index (Phi) is 4.39. The van der Waals surface area contributed by atoms with Crippen LogP contribution in [0.4, 0.5) is 17.2 Å². The molecule has 140 valence electrons. The summed E-state index contributed by atoms with van der Waals surface area (Å²) >= 11 is 0. The van der Waals surface area contributed by atoms with Gasteiger partial charge in [-0.05, 0) is 60.7 Å². The largest absolute Gasteiger partial charge is 0.309 e. The van der Waals surface area contributed by atoms with E-state index in [9.17, 15) is 0 Å². The summed E-state index contributed by atoms with van der Waals surface area (Å²) in [5, 5.41) is 4.36. The van der Waals surface area contributed by atoms with Gasteiger partial charge in [-0.15, -0.1) is 0 Å². The highest BCUT2D eigenvalue weighted by Crippen LogP contribution is 2.34. The Hall–Kier alpha value is -4.12. The van der Waals surface area contributed by atoms with Gasteiger partial charge in [0.1, 0.15) is 11.6 Å². The SMILES string of the molecule is c1ccc(N(c2cccc(-n3cccn3)c2)c2cccc(-n3cccc3)n2)cc1. The van der Waals surface area contributed by atoms with Crippen LogP contribution in [0.5, 0.6) is 0 Å². The van der Waals surface area contributed by atoms with Gasteiger partial charge in [-0.25, -0.2) is 9.67 Å². The Balaban J connectivity index is 1.64. The Morgan fingerprint density at radius 2 is 1.45 bits per heavy atom. The van der Waals surface area contributed by atoms with Gasteiger partial charge in [-0.2, -0.15) is 5.10 Å². The van der Waals surface area contributed by atoms with Crippen LogP contribution in [0.3, 0.4) is 0 Å². The molecular weight excluding hydrogens is 358 g/mol. The summed E-state index contributed by atoms with van der Waals surface area (Å²) in [7, 11) is 0. The van der Waals surface area contributed by atoms with Gasteiger partial charge in [0.05, 0.1) is 5.69 Å². The molecule has 3 aromatic heterocycles.